The lowest BCUT2D eigenvalue weighted by Crippen LogP contribution is -2.58. The Morgan fingerprint density at radius 2 is 1.44 bits per heavy atom. The van der Waals surface area contributed by atoms with Crippen LogP contribution in [0.4, 0.5) is 0 Å². The molecule has 0 bridgehead atoms. The fourth-order valence-electron chi connectivity index (χ4n) is 1.52. The molecule has 9 heteroatoms. The number of nitrogens with zero attached hydrogens (tertiary/aromatic N) is 1. The predicted octanol–water partition coefficient (Wildman–Crippen LogP) is -2.73. The van der Waals surface area contributed by atoms with Gasteiger partial charge in [-0.15, -0.1) is 0 Å². The van der Waals surface area contributed by atoms with Gasteiger partial charge >= 0.3 is 0 Å². The summed E-state index contributed by atoms with van der Waals surface area (Å²) in [6.45, 7) is -1.86. The first-order valence-electron chi connectivity index (χ1n) is 5.49. The van der Waals surface area contributed by atoms with E-state index >= 15 is 0 Å². The molecule has 0 aromatic carbocycles. The first-order valence-corrected chi connectivity index (χ1v) is 7.10. The molecule has 0 fully saturated rings. The van der Waals surface area contributed by atoms with Gasteiger partial charge in [-0.2, -0.15) is 8.42 Å². The van der Waals surface area contributed by atoms with Crippen molar-refractivity contribution in [3.05, 3.63) is 0 Å². The summed E-state index contributed by atoms with van der Waals surface area (Å²) >= 11 is 0. The van der Waals surface area contributed by atoms with E-state index in [-0.39, 0.29) is 26.1 Å². The molecule has 0 rings (SSSR count). The highest BCUT2D eigenvalue weighted by atomic mass is 32.2. The smallest absolute Gasteiger partial charge is 0.266 e. The highest BCUT2D eigenvalue weighted by molar-refractivity contribution is 7.85. The predicted molar refractivity (Wildman–Crippen MR) is 63.7 cm³/mol. The van der Waals surface area contributed by atoms with Crippen molar-refractivity contribution in [3.8, 4) is 0 Å². The summed E-state index contributed by atoms with van der Waals surface area (Å²) in [6.07, 6.45) is 0.285. The molecule has 0 aliphatic heterocycles. The zero-order chi connectivity index (χ0) is 14.2. The number of aliphatic hydroxyl groups excluding tert-OH is 4. The third kappa shape index (κ3) is 5.57. The van der Waals surface area contributed by atoms with Crippen LogP contribution in [0.5, 0.6) is 0 Å². The van der Waals surface area contributed by atoms with Crippen LogP contribution >= 0.6 is 0 Å². The van der Waals surface area contributed by atoms with Gasteiger partial charge in [-0.1, -0.05) is 0 Å². The SMILES string of the molecule is O=S(=O)(O)CCN(CCCO)C(CO)(CO)CO. The molecule has 0 aliphatic rings. The summed E-state index contributed by atoms with van der Waals surface area (Å²) in [5.74, 6) is -0.583. The first-order chi connectivity index (χ1) is 8.35. The van der Waals surface area contributed by atoms with E-state index in [0.717, 1.165) is 0 Å². The quantitative estimate of drug-likeness (QED) is 0.273. The summed E-state index contributed by atoms with van der Waals surface area (Å²) in [4.78, 5) is 1.34. The van der Waals surface area contributed by atoms with E-state index in [9.17, 15) is 23.7 Å². The van der Waals surface area contributed by atoms with E-state index in [1.54, 1.807) is 0 Å². The Morgan fingerprint density at radius 1 is 0.944 bits per heavy atom. The second-order valence-corrected chi connectivity index (χ2v) is 5.62. The van der Waals surface area contributed by atoms with Crippen molar-refractivity contribution in [3.63, 3.8) is 0 Å². The summed E-state index contributed by atoms with van der Waals surface area (Å²) < 4.78 is 30.1. The normalized spacial score (nSPS) is 13.2. The lowest BCUT2D eigenvalue weighted by Gasteiger charge is -2.40. The molecule has 0 radical (unpaired) electrons. The molecule has 0 heterocycles. The molecule has 0 aromatic heterocycles. The third-order valence-corrected chi connectivity index (χ3v) is 3.46. The Balaban J connectivity index is 4.83. The van der Waals surface area contributed by atoms with Crippen LogP contribution in [-0.4, -0.2) is 89.1 Å². The Labute approximate surface area is 106 Å². The Morgan fingerprint density at radius 3 is 1.78 bits per heavy atom. The van der Waals surface area contributed by atoms with E-state index in [2.05, 4.69) is 0 Å². The van der Waals surface area contributed by atoms with Gasteiger partial charge in [0.1, 0.15) is 0 Å². The van der Waals surface area contributed by atoms with Crippen LogP contribution in [0, 0.1) is 0 Å². The standard InChI is InChI=1S/C9H21NO7S/c11-4-1-2-10(3-5-18(15,16)17)9(6-12,7-13)8-14/h11-14H,1-8H2,(H,15,16,17). The summed E-state index contributed by atoms with van der Waals surface area (Å²) in [5, 5.41) is 36.5. The molecule has 8 nitrogen and oxygen atoms in total. The van der Waals surface area contributed by atoms with Crippen LogP contribution in [0.3, 0.4) is 0 Å². The second-order valence-electron chi connectivity index (χ2n) is 4.05. The number of aliphatic hydroxyl groups is 4. The van der Waals surface area contributed by atoms with Gasteiger partial charge in [-0.25, -0.2) is 0 Å². The van der Waals surface area contributed by atoms with Crippen LogP contribution in [0.1, 0.15) is 6.42 Å². The molecule has 0 aliphatic carbocycles. The van der Waals surface area contributed by atoms with Gasteiger partial charge < -0.3 is 20.4 Å². The van der Waals surface area contributed by atoms with E-state index in [4.69, 9.17) is 9.66 Å². The molecule has 0 spiro atoms. The van der Waals surface area contributed by atoms with Gasteiger partial charge in [0.2, 0.25) is 0 Å². The summed E-state index contributed by atoms with van der Waals surface area (Å²) in [6, 6.07) is 0. The maximum absolute atomic E-state index is 10.7. The topological polar surface area (TPSA) is 139 Å². The van der Waals surface area contributed by atoms with Crippen LogP contribution in [-0.2, 0) is 10.1 Å². The zero-order valence-electron chi connectivity index (χ0n) is 10.1. The van der Waals surface area contributed by atoms with Crippen LogP contribution in [0.2, 0.25) is 0 Å². The van der Waals surface area contributed by atoms with E-state index in [1.807, 2.05) is 0 Å². The summed E-state index contributed by atoms with van der Waals surface area (Å²) in [7, 11) is -4.18. The van der Waals surface area contributed by atoms with E-state index in [1.165, 1.54) is 4.90 Å². The first kappa shape index (κ1) is 17.7. The molecule has 0 saturated heterocycles. The van der Waals surface area contributed by atoms with Crippen LogP contribution < -0.4 is 0 Å². The monoisotopic (exact) mass is 287 g/mol. The average molecular weight is 287 g/mol. The van der Waals surface area contributed by atoms with Crippen molar-refractivity contribution >= 4 is 10.1 Å². The molecular formula is C9H21NO7S. The van der Waals surface area contributed by atoms with Gasteiger partial charge in [-0.3, -0.25) is 9.45 Å². The highest BCUT2D eigenvalue weighted by Crippen LogP contribution is 2.15. The van der Waals surface area contributed by atoms with Crippen molar-refractivity contribution in [2.75, 3.05) is 45.3 Å². The minimum Gasteiger partial charge on any atom is -0.396 e. The van der Waals surface area contributed by atoms with Gasteiger partial charge in [0.15, 0.2) is 0 Å². The van der Waals surface area contributed by atoms with Crippen molar-refractivity contribution in [1.82, 2.24) is 4.90 Å². The van der Waals surface area contributed by atoms with Gasteiger partial charge in [-0.05, 0) is 6.42 Å². The lowest BCUT2D eigenvalue weighted by molar-refractivity contribution is -0.0469. The van der Waals surface area contributed by atoms with Crippen molar-refractivity contribution < 1.29 is 33.4 Å². The van der Waals surface area contributed by atoms with Crippen LogP contribution in [0.25, 0.3) is 0 Å². The van der Waals surface area contributed by atoms with E-state index in [0.29, 0.717) is 0 Å². The average Bonchev–Trinajstić information content (AvgIpc) is 2.32. The summed E-state index contributed by atoms with van der Waals surface area (Å²) in [5.41, 5.74) is -1.38. The van der Waals surface area contributed by atoms with Gasteiger partial charge in [0.05, 0.1) is 31.1 Å². The van der Waals surface area contributed by atoms with Crippen molar-refractivity contribution in [1.29, 1.82) is 0 Å². The number of hydrogen-bond acceptors (Lipinski definition) is 7. The minimum absolute atomic E-state index is 0.152. The van der Waals surface area contributed by atoms with Gasteiger partial charge in [0.25, 0.3) is 10.1 Å². The molecular weight excluding hydrogens is 266 g/mol. The van der Waals surface area contributed by atoms with Crippen molar-refractivity contribution in [2.24, 2.45) is 0 Å². The molecule has 0 saturated carbocycles. The fourth-order valence-corrected chi connectivity index (χ4v) is 1.97. The lowest BCUT2D eigenvalue weighted by atomic mass is 10.0. The largest absolute Gasteiger partial charge is 0.396 e. The Hall–Kier alpha value is -0.290. The van der Waals surface area contributed by atoms with Crippen molar-refractivity contribution in [2.45, 2.75) is 12.0 Å². The molecule has 110 valence electrons. The maximum atomic E-state index is 10.7. The number of rotatable bonds is 10. The maximum Gasteiger partial charge on any atom is 0.266 e. The second kappa shape index (κ2) is 8.00. The molecule has 0 amide bonds. The molecule has 18 heavy (non-hydrogen) atoms. The zero-order valence-corrected chi connectivity index (χ0v) is 10.9. The highest BCUT2D eigenvalue weighted by Gasteiger charge is 2.35. The molecule has 0 aromatic rings. The third-order valence-electron chi connectivity index (χ3n) is 2.76. The molecule has 0 atom stereocenters. The van der Waals surface area contributed by atoms with E-state index < -0.39 is 41.2 Å². The Bertz CT molecular complexity index is 307. The number of hydrogen-bond donors (Lipinski definition) is 5. The van der Waals surface area contributed by atoms with Gasteiger partial charge in [0, 0.05) is 19.7 Å². The molecule has 5 N–H and O–H groups in total. The van der Waals surface area contributed by atoms with Crippen LogP contribution in [0.15, 0.2) is 0 Å². The fraction of sp³-hybridized carbons (Fsp3) is 1.00. The molecule has 0 unspecified atom stereocenters. The minimum atomic E-state index is -4.18. The Kier molecular flexibility index (Phi) is 7.87.